The quantitative estimate of drug-likeness (QED) is 0.909. The Morgan fingerprint density at radius 3 is 2.80 bits per heavy atom. The van der Waals surface area contributed by atoms with Crippen LogP contribution in [0.5, 0.6) is 0 Å². The second-order valence-corrected chi connectivity index (χ2v) is 5.79. The molecule has 0 aromatic heterocycles. The fraction of sp³-hybridized carbons (Fsp3) is 0.562. The van der Waals surface area contributed by atoms with Crippen LogP contribution in [0.4, 0.5) is 0 Å². The van der Waals surface area contributed by atoms with Gasteiger partial charge in [-0.3, -0.25) is 9.69 Å². The lowest BCUT2D eigenvalue weighted by Crippen LogP contribution is -2.35. The van der Waals surface area contributed by atoms with E-state index in [9.17, 15) is 4.79 Å². The number of amides is 1. The van der Waals surface area contributed by atoms with Gasteiger partial charge in [0.05, 0.1) is 13.2 Å². The van der Waals surface area contributed by atoms with E-state index in [-0.39, 0.29) is 5.91 Å². The second kappa shape index (κ2) is 5.94. The Morgan fingerprint density at radius 1 is 1.35 bits per heavy atom. The standard InChI is InChI=1S/C16H22N2O2/c1-12-2-3-13(11-18-6-8-20-9-7-18)10-15(12)16(19)17-14-4-5-14/h2-3,10,14H,4-9,11H2,1H3,(H,17,19). The van der Waals surface area contributed by atoms with Crippen molar-refractivity contribution in [3.63, 3.8) is 0 Å². The number of morpholine rings is 1. The van der Waals surface area contributed by atoms with Gasteiger partial charge in [-0.15, -0.1) is 0 Å². The Labute approximate surface area is 120 Å². The molecule has 1 aromatic rings. The van der Waals surface area contributed by atoms with Crippen molar-refractivity contribution in [2.24, 2.45) is 0 Å². The molecule has 1 aliphatic heterocycles. The summed E-state index contributed by atoms with van der Waals surface area (Å²) in [5.41, 5.74) is 3.08. The van der Waals surface area contributed by atoms with Crippen LogP contribution in [0, 0.1) is 6.92 Å². The number of rotatable bonds is 4. The van der Waals surface area contributed by atoms with Crippen molar-refractivity contribution in [1.82, 2.24) is 10.2 Å². The first kappa shape index (κ1) is 13.6. The molecule has 108 valence electrons. The van der Waals surface area contributed by atoms with E-state index >= 15 is 0 Å². The van der Waals surface area contributed by atoms with E-state index in [0.717, 1.165) is 56.8 Å². The minimum atomic E-state index is 0.0776. The van der Waals surface area contributed by atoms with Crippen LogP contribution in [0.2, 0.25) is 0 Å². The Kier molecular flexibility index (Phi) is 4.03. The molecule has 0 spiro atoms. The molecule has 1 amide bonds. The van der Waals surface area contributed by atoms with E-state index in [2.05, 4.69) is 22.3 Å². The second-order valence-electron chi connectivity index (χ2n) is 5.79. The van der Waals surface area contributed by atoms with Gasteiger partial charge in [-0.1, -0.05) is 12.1 Å². The fourth-order valence-electron chi connectivity index (χ4n) is 2.52. The summed E-state index contributed by atoms with van der Waals surface area (Å²) in [5.74, 6) is 0.0776. The van der Waals surface area contributed by atoms with Crippen molar-refractivity contribution in [3.05, 3.63) is 34.9 Å². The zero-order chi connectivity index (χ0) is 13.9. The van der Waals surface area contributed by atoms with Gasteiger partial charge in [0.1, 0.15) is 0 Å². The van der Waals surface area contributed by atoms with Gasteiger partial charge in [0.25, 0.3) is 5.91 Å². The van der Waals surface area contributed by atoms with Crippen LogP contribution in [-0.4, -0.2) is 43.2 Å². The molecule has 4 nitrogen and oxygen atoms in total. The smallest absolute Gasteiger partial charge is 0.251 e. The van der Waals surface area contributed by atoms with E-state index < -0.39 is 0 Å². The maximum atomic E-state index is 12.2. The lowest BCUT2D eigenvalue weighted by molar-refractivity contribution is 0.0342. The number of aryl methyl sites for hydroxylation is 1. The van der Waals surface area contributed by atoms with Crippen molar-refractivity contribution >= 4 is 5.91 Å². The third-order valence-electron chi connectivity index (χ3n) is 3.97. The zero-order valence-corrected chi connectivity index (χ0v) is 12.0. The van der Waals surface area contributed by atoms with Crippen LogP contribution in [-0.2, 0) is 11.3 Å². The molecular weight excluding hydrogens is 252 g/mol. The van der Waals surface area contributed by atoms with Crippen molar-refractivity contribution in [2.75, 3.05) is 26.3 Å². The van der Waals surface area contributed by atoms with Gasteiger partial charge in [-0.2, -0.15) is 0 Å². The molecule has 0 unspecified atom stereocenters. The van der Waals surface area contributed by atoms with Crippen LogP contribution in [0.3, 0.4) is 0 Å². The van der Waals surface area contributed by atoms with Gasteiger partial charge in [-0.05, 0) is 37.0 Å². The third kappa shape index (κ3) is 3.38. The van der Waals surface area contributed by atoms with Crippen molar-refractivity contribution < 1.29 is 9.53 Å². The molecule has 1 N–H and O–H groups in total. The van der Waals surface area contributed by atoms with Gasteiger partial charge in [0, 0.05) is 31.2 Å². The molecule has 0 bridgehead atoms. The Balaban J connectivity index is 1.69. The SMILES string of the molecule is Cc1ccc(CN2CCOCC2)cc1C(=O)NC1CC1. The van der Waals surface area contributed by atoms with Gasteiger partial charge in [0.2, 0.25) is 0 Å². The minimum absolute atomic E-state index is 0.0776. The van der Waals surface area contributed by atoms with E-state index in [4.69, 9.17) is 4.74 Å². The summed E-state index contributed by atoms with van der Waals surface area (Å²) in [6, 6.07) is 6.63. The number of carbonyl (C=O) groups is 1. The number of hydrogen-bond acceptors (Lipinski definition) is 3. The molecule has 0 radical (unpaired) electrons. The molecule has 20 heavy (non-hydrogen) atoms. The number of ether oxygens (including phenoxy) is 1. The Hall–Kier alpha value is -1.39. The average Bonchev–Trinajstić information content (AvgIpc) is 3.26. The van der Waals surface area contributed by atoms with E-state index in [1.165, 1.54) is 5.56 Å². The lowest BCUT2D eigenvalue weighted by atomic mass is 10.0. The van der Waals surface area contributed by atoms with Crippen LogP contribution in [0.15, 0.2) is 18.2 Å². The highest BCUT2D eigenvalue weighted by atomic mass is 16.5. The molecule has 4 heteroatoms. The number of benzene rings is 1. The first-order valence-electron chi connectivity index (χ1n) is 7.43. The normalized spacial score (nSPS) is 19.9. The van der Waals surface area contributed by atoms with Gasteiger partial charge in [0.15, 0.2) is 0 Å². The summed E-state index contributed by atoms with van der Waals surface area (Å²) < 4.78 is 5.36. The Morgan fingerprint density at radius 2 is 2.10 bits per heavy atom. The highest BCUT2D eigenvalue weighted by Gasteiger charge is 2.24. The van der Waals surface area contributed by atoms with E-state index in [1.807, 2.05) is 13.0 Å². The monoisotopic (exact) mass is 274 g/mol. The molecule has 1 saturated heterocycles. The van der Waals surface area contributed by atoms with Crippen LogP contribution >= 0.6 is 0 Å². The van der Waals surface area contributed by atoms with E-state index in [0.29, 0.717) is 6.04 Å². The van der Waals surface area contributed by atoms with Crippen LogP contribution in [0.25, 0.3) is 0 Å². The number of carbonyl (C=O) groups excluding carboxylic acids is 1. The summed E-state index contributed by atoms with van der Waals surface area (Å²) in [7, 11) is 0. The predicted octanol–water partition coefficient (Wildman–Crippen LogP) is 1.72. The molecule has 1 aromatic carbocycles. The topological polar surface area (TPSA) is 41.6 Å². The van der Waals surface area contributed by atoms with Crippen molar-refractivity contribution in [2.45, 2.75) is 32.4 Å². The molecule has 3 rings (SSSR count). The van der Waals surface area contributed by atoms with Gasteiger partial charge in [-0.25, -0.2) is 0 Å². The third-order valence-corrected chi connectivity index (χ3v) is 3.97. The van der Waals surface area contributed by atoms with Crippen molar-refractivity contribution in [3.8, 4) is 0 Å². The van der Waals surface area contributed by atoms with Crippen molar-refractivity contribution in [1.29, 1.82) is 0 Å². The molecule has 1 saturated carbocycles. The molecule has 1 heterocycles. The summed E-state index contributed by atoms with van der Waals surface area (Å²) >= 11 is 0. The summed E-state index contributed by atoms with van der Waals surface area (Å²) in [4.78, 5) is 14.6. The van der Waals surface area contributed by atoms with E-state index in [1.54, 1.807) is 0 Å². The largest absolute Gasteiger partial charge is 0.379 e. The molecule has 0 atom stereocenters. The fourth-order valence-corrected chi connectivity index (χ4v) is 2.52. The summed E-state index contributed by atoms with van der Waals surface area (Å²) in [6.07, 6.45) is 2.25. The van der Waals surface area contributed by atoms with Gasteiger partial charge >= 0.3 is 0 Å². The molecule has 2 fully saturated rings. The number of hydrogen-bond donors (Lipinski definition) is 1. The number of nitrogens with one attached hydrogen (secondary N) is 1. The zero-order valence-electron chi connectivity index (χ0n) is 12.0. The summed E-state index contributed by atoms with van der Waals surface area (Å²) in [5, 5.41) is 3.07. The summed E-state index contributed by atoms with van der Waals surface area (Å²) in [6.45, 7) is 6.45. The highest BCUT2D eigenvalue weighted by molar-refractivity contribution is 5.96. The first-order valence-corrected chi connectivity index (χ1v) is 7.43. The van der Waals surface area contributed by atoms with Crippen LogP contribution in [0.1, 0.15) is 34.3 Å². The number of nitrogens with zero attached hydrogens (tertiary/aromatic N) is 1. The highest BCUT2D eigenvalue weighted by Crippen LogP contribution is 2.20. The molecular formula is C16H22N2O2. The first-order chi connectivity index (χ1) is 9.72. The maximum Gasteiger partial charge on any atom is 0.251 e. The van der Waals surface area contributed by atoms with Gasteiger partial charge < -0.3 is 10.1 Å². The molecule has 2 aliphatic rings. The lowest BCUT2D eigenvalue weighted by Gasteiger charge is -2.26. The minimum Gasteiger partial charge on any atom is -0.379 e. The predicted molar refractivity (Wildman–Crippen MR) is 77.8 cm³/mol. The Bertz CT molecular complexity index is 491. The average molecular weight is 274 g/mol. The van der Waals surface area contributed by atoms with Crippen LogP contribution < -0.4 is 5.32 Å². The molecule has 1 aliphatic carbocycles. The maximum absolute atomic E-state index is 12.2.